The summed E-state index contributed by atoms with van der Waals surface area (Å²) in [4.78, 5) is 26.5. The zero-order valence-electron chi connectivity index (χ0n) is 13.2. The molecule has 0 spiro atoms. The average molecular weight is 290 g/mol. The molecule has 1 unspecified atom stereocenters. The number of hydrogen-bond acceptors (Lipinski definition) is 4. The van der Waals surface area contributed by atoms with E-state index in [-0.39, 0.29) is 12.1 Å². The fourth-order valence-electron chi connectivity index (χ4n) is 1.60. The Hall–Kier alpha value is -1.34. The molecule has 20 heavy (non-hydrogen) atoms. The van der Waals surface area contributed by atoms with Gasteiger partial charge in [-0.15, -0.1) is 0 Å². The zero-order valence-corrected chi connectivity index (χ0v) is 13.2. The van der Waals surface area contributed by atoms with Crippen LogP contribution in [0.3, 0.4) is 0 Å². The van der Waals surface area contributed by atoms with Crippen molar-refractivity contribution in [3.8, 4) is 0 Å². The SMILES string of the molecule is COCCN(C(=O)N(C)C(C)(C)C(=O)O)C(C)COC. The molecule has 0 rings (SSSR count). The van der Waals surface area contributed by atoms with Gasteiger partial charge in [0, 0.05) is 27.8 Å². The molecular weight excluding hydrogens is 264 g/mol. The number of likely N-dealkylation sites (N-methyl/N-ethyl adjacent to an activating group) is 1. The average Bonchev–Trinajstić information content (AvgIpc) is 2.38. The second-order valence-corrected chi connectivity index (χ2v) is 5.20. The molecule has 0 radical (unpaired) electrons. The summed E-state index contributed by atoms with van der Waals surface area (Å²) in [5, 5.41) is 9.20. The molecule has 0 aromatic heterocycles. The van der Waals surface area contributed by atoms with Gasteiger partial charge in [-0.05, 0) is 20.8 Å². The smallest absolute Gasteiger partial charge is 0.329 e. The topological polar surface area (TPSA) is 79.3 Å². The number of urea groups is 1. The standard InChI is InChI=1S/C13H26N2O5/c1-10(9-20-6)15(7-8-19-5)12(18)14(4)13(2,3)11(16)17/h10H,7-9H2,1-6H3,(H,16,17). The minimum Gasteiger partial charge on any atom is -0.480 e. The normalized spacial score (nSPS) is 12.9. The van der Waals surface area contributed by atoms with E-state index in [2.05, 4.69) is 0 Å². The van der Waals surface area contributed by atoms with Gasteiger partial charge in [0.2, 0.25) is 0 Å². The highest BCUT2D eigenvalue weighted by atomic mass is 16.5. The van der Waals surface area contributed by atoms with E-state index in [0.717, 1.165) is 0 Å². The van der Waals surface area contributed by atoms with Crippen molar-refractivity contribution in [1.29, 1.82) is 0 Å². The highest BCUT2D eigenvalue weighted by Crippen LogP contribution is 2.16. The van der Waals surface area contributed by atoms with E-state index in [1.165, 1.54) is 25.8 Å². The van der Waals surface area contributed by atoms with Crippen LogP contribution in [-0.4, -0.2) is 79.5 Å². The third-order valence-electron chi connectivity index (χ3n) is 3.37. The van der Waals surface area contributed by atoms with Crippen LogP contribution in [-0.2, 0) is 14.3 Å². The van der Waals surface area contributed by atoms with Crippen molar-refractivity contribution in [3.63, 3.8) is 0 Å². The van der Waals surface area contributed by atoms with Crippen molar-refractivity contribution in [3.05, 3.63) is 0 Å². The number of hydrogen-bond donors (Lipinski definition) is 1. The van der Waals surface area contributed by atoms with E-state index < -0.39 is 11.5 Å². The van der Waals surface area contributed by atoms with Crippen molar-refractivity contribution in [1.82, 2.24) is 9.80 Å². The molecule has 0 aromatic carbocycles. The molecule has 0 fully saturated rings. The molecule has 7 heteroatoms. The van der Waals surface area contributed by atoms with Gasteiger partial charge in [-0.1, -0.05) is 0 Å². The van der Waals surface area contributed by atoms with Crippen LogP contribution in [0, 0.1) is 0 Å². The fraction of sp³-hybridized carbons (Fsp3) is 0.846. The molecule has 1 atom stereocenters. The summed E-state index contributed by atoms with van der Waals surface area (Å²) in [7, 11) is 4.59. The minimum atomic E-state index is -1.28. The number of carboxylic acid groups (broad SMARTS) is 1. The van der Waals surface area contributed by atoms with Gasteiger partial charge >= 0.3 is 12.0 Å². The summed E-state index contributed by atoms with van der Waals surface area (Å²) in [6.45, 7) is 5.95. The van der Waals surface area contributed by atoms with Crippen molar-refractivity contribution >= 4 is 12.0 Å². The summed E-state index contributed by atoms with van der Waals surface area (Å²) in [6.07, 6.45) is 0. The van der Waals surface area contributed by atoms with Crippen LogP contribution in [0.5, 0.6) is 0 Å². The van der Waals surface area contributed by atoms with E-state index >= 15 is 0 Å². The number of amides is 2. The molecule has 2 amide bonds. The number of ether oxygens (including phenoxy) is 2. The quantitative estimate of drug-likeness (QED) is 0.718. The molecule has 0 heterocycles. The lowest BCUT2D eigenvalue weighted by Crippen LogP contribution is -2.57. The van der Waals surface area contributed by atoms with Gasteiger partial charge in [-0.3, -0.25) is 0 Å². The molecule has 0 aromatic rings. The van der Waals surface area contributed by atoms with Crippen molar-refractivity contribution in [2.45, 2.75) is 32.4 Å². The summed E-state index contributed by atoms with van der Waals surface area (Å²) in [5.41, 5.74) is -1.28. The lowest BCUT2D eigenvalue weighted by atomic mass is 10.0. The van der Waals surface area contributed by atoms with Gasteiger partial charge in [-0.25, -0.2) is 9.59 Å². The van der Waals surface area contributed by atoms with E-state index in [1.54, 1.807) is 19.1 Å². The summed E-state index contributed by atoms with van der Waals surface area (Å²) < 4.78 is 10.1. The summed E-state index contributed by atoms with van der Waals surface area (Å²) in [5.74, 6) is -1.06. The summed E-state index contributed by atoms with van der Waals surface area (Å²) >= 11 is 0. The first-order chi connectivity index (χ1) is 9.19. The van der Waals surface area contributed by atoms with E-state index in [9.17, 15) is 14.7 Å². The Balaban J connectivity index is 5.06. The highest BCUT2D eigenvalue weighted by molar-refractivity contribution is 5.85. The van der Waals surface area contributed by atoms with Crippen LogP contribution < -0.4 is 0 Å². The Morgan fingerprint density at radius 3 is 2.20 bits per heavy atom. The number of carboxylic acids is 1. The lowest BCUT2D eigenvalue weighted by molar-refractivity contribution is -0.147. The number of methoxy groups -OCH3 is 2. The number of aliphatic carboxylic acids is 1. The maximum atomic E-state index is 12.5. The Kier molecular flexibility index (Phi) is 7.52. The van der Waals surface area contributed by atoms with Gasteiger partial charge in [-0.2, -0.15) is 0 Å². The third kappa shape index (κ3) is 4.64. The monoisotopic (exact) mass is 290 g/mol. The van der Waals surface area contributed by atoms with Gasteiger partial charge < -0.3 is 24.4 Å². The molecule has 118 valence electrons. The first kappa shape index (κ1) is 18.7. The Labute approximate surface area is 120 Å². The van der Waals surface area contributed by atoms with Crippen molar-refractivity contribution < 1.29 is 24.2 Å². The van der Waals surface area contributed by atoms with Crippen molar-refractivity contribution in [2.75, 3.05) is 41.0 Å². The second-order valence-electron chi connectivity index (χ2n) is 5.20. The van der Waals surface area contributed by atoms with Crippen LogP contribution in [0.4, 0.5) is 4.79 Å². The van der Waals surface area contributed by atoms with Gasteiger partial charge in [0.05, 0.1) is 19.3 Å². The molecule has 0 saturated heterocycles. The molecule has 7 nitrogen and oxygen atoms in total. The Morgan fingerprint density at radius 2 is 1.80 bits per heavy atom. The maximum Gasteiger partial charge on any atom is 0.329 e. The first-order valence-electron chi connectivity index (χ1n) is 6.45. The van der Waals surface area contributed by atoms with Crippen LogP contribution in [0.25, 0.3) is 0 Å². The van der Waals surface area contributed by atoms with Crippen LogP contribution in [0.15, 0.2) is 0 Å². The number of rotatable bonds is 8. The second kappa shape index (κ2) is 8.06. The Morgan fingerprint density at radius 1 is 1.25 bits per heavy atom. The predicted octanol–water partition coefficient (Wildman–Crippen LogP) is 0.885. The lowest BCUT2D eigenvalue weighted by Gasteiger charge is -2.38. The largest absolute Gasteiger partial charge is 0.480 e. The zero-order chi connectivity index (χ0) is 15.9. The van der Waals surface area contributed by atoms with Gasteiger partial charge in [0.1, 0.15) is 5.54 Å². The van der Waals surface area contributed by atoms with Gasteiger partial charge in [0.25, 0.3) is 0 Å². The van der Waals surface area contributed by atoms with Crippen molar-refractivity contribution in [2.24, 2.45) is 0 Å². The van der Waals surface area contributed by atoms with E-state index in [0.29, 0.717) is 19.8 Å². The van der Waals surface area contributed by atoms with Crippen LogP contribution >= 0.6 is 0 Å². The number of carbonyl (C=O) groups excluding carboxylic acids is 1. The molecule has 1 N–H and O–H groups in total. The maximum absolute atomic E-state index is 12.5. The molecule has 0 saturated carbocycles. The summed E-state index contributed by atoms with van der Waals surface area (Å²) in [6, 6.07) is -0.534. The van der Waals surface area contributed by atoms with E-state index in [4.69, 9.17) is 9.47 Å². The third-order valence-corrected chi connectivity index (χ3v) is 3.37. The van der Waals surface area contributed by atoms with E-state index in [1.807, 2.05) is 6.92 Å². The molecular formula is C13H26N2O5. The fourth-order valence-corrected chi connectivity index (χ4v) is 1.60. The molecule has 0 aliphatic rings. The highest BCUT2D eigenvalue weighted by Gasteiger charge is 2.38. The number of nitrogens with zero attached hydrogens (tertiary/aromatic N) is 2. The van der Waals surface area contributed by atoms with Crippen LogP contribution in [0.2, 0.25) is 0 Å². The molecule has 0 bridgehead atoms. The van der Waals surface area contributed by atoms with Crippen LogP contribution in [0.1, 0.15) is 20.8 Å². The van der Waals surface area contributed by atoms with Gasteiger partial charge in [0.15, 0.2) is 0 Å². The molecule has 0 aliphatic carbocycles. The Bertz CT molecular complexity index is 333. The first-order valence-corrected chi connectivity index (χ1v) is 6.45. The minimum absolute atomic E-state index is 0.172. The predicted molar refractivity (Wildman–Crippen MR) is 74.8 cm³/mol. The molecule has 0 aliphatic heterocycles. The number of carbonyl (C=O) groups is 2.